The van der Waals surface area contributed by atoms with Crippen LogP contribution < -0.4 is 0 Å². The third kappa shape index (κ3) is 26.0. The van der Waals surface area contributed by atoms with Crippen molar-refractivity contribution in [1.29, 1.82) is 0 Å². The molecule has 0 atom stereocenters. The van der Waals surface area contributed by atoms with Crippen molar-refractivity contribution < 1.29 is 262 Å². The fourth-order valence-corrected chi connectivity index (χ4v) is 0.761. The van der Waals surface area contributed by atoms with Gasteiger partial charge in [-0.25, -0.2) is 12.1 Å². The van der Waals surface area contributed by atoms with Gasteiger partial charge < -0.3 is 17.2 Å². The zero-order valence-corrected chi connectivity index (χ0v) is 33.6. The molecule has 0 aliphatic rings. The molecule has 1 rings (SSSR count). The van der Waals surface area contributed by atoms with Gasteiger partial charge in [0.05, 0.1) is 0 Å². The Hall–Kier alpha value is 7.79. The zero-order valence-electron chi connectivity index (χ0n) is 10.9. The van der Waals surface area contributed by atoms with Crippen molar-refractivity contribution in [2.45, 2.75) is 13.8 Å². The van der Waals surface area contributed by atoms with E-state index in [2.05, 4.69) is 12.1 Å². The Balaban J connectivity index is -0.0000000208. The predicted octanol–water partition coefficient (Wildman–Crippen LogP) is 2.69. The molecule has 0 heterocycles. The quantitative estimate of drug-likeness (QED) is 0.383. The molecular formula is C10H10Y8-2. The van der Waals surface area contributed by atoms with E-state index in [0.29, 0.717) is 0 Å². The molecule has 0 nitrogen and oxygen atoms in total. The van der Waals surface area contributed by atoms with Crippen LogP contribution in [0.25, 0.3) is 5.57 Å². The fourth-order valence-electron chi connectivity index (χ4n) is 0.761. The zero-order chi connectivity index (χ0) is 7.40. The van der Waals surface area contributed by atoms with Crippen LogP contribution in [0, 0.1) is 12.1 Å². The normalized spacial score (nSPS) is 6.44. The Morgan fingerprint density at radius 3 is 1.61 bits per heavy atom. The minimum Gasteiger partial charge on any atom is -0.327 e. The third-order valence-corrected chi connectivity index (χ3v) is 1.49. The van der Waals surface area contributed by atoms with Crippen LogP contribution >= 0.6 is 0 Å². The topological polar surface area (TPSA) is 0 Å². The van der Waals surface area contributed by atoms with Gasteiger partial charge in [0.15, 0.2) is 0 Å². The summed E-state index contributed by atoms with van der Waals surface area (Å²) >= 11 is 0. The van der Waals surface area contributed by atoms with Gasteiger partial charge in [0, 0.05) is 262 Å². The molecule has 0 saturated heterocycles. The van der Waals surface area contributed by atoms with Gasteiger partial charge in [-0.15, -0.1) is 19.9 Å². The van der Waals surface area contributed by atoms with E-state index in [4.69, 9.17) is 0 Å². The Kier molecular flexibility index (Phi) is 99.7. The van der Waals surface area contributed by atoms with E-state index in [1.807, 2.05) is 38.1 Å². The summed E-state index contributed by atoms with van der Waals surface area (Å²) in [5, 5.41) is 0. The minimum absolute atomic E-state index is 0. The first-order valence-electron chi connectivity index (χ1n) is 3.33. The molecule has 1 aromatic carbocycles. The van der Waals surface area contributed by atoms with Gasteiger partial charge in [0.1, 0.15) is 0 Å². The predicted molar refractivity (Wildman–Crippen MR) is 43.3 cm³/mol. The molecule has 0 fully saturated rings. The van der Waals surface area contributed by atoms with Crippen LogP contribution in [0.5, 0.6) is 0 Å². The summed E-state index contributed by atoms with van der Waals surface area (Å²) in [5.41, 5.74) is 2.28. The molecule has 8 heteroatoms. The second-order valence-electron chi connectivity index (χ2n) is 2.15. The summed E-state index contributed by atoms with van der Waals surface area (Å²) in [6.07, 6.45) is 3.07. The maximum absolute atomic E-state index is 3.12. The van der Waals surface area contributed by atoms with E-state index in [1.165, 1.54) is 0 Å². The summed E-state index contributed by atoms with van der Waals surface area (Å²) in [4.78, 5) is 0. The number of allylic oxidation sites excluding steroid dienone is 2. The third-order valence-electron chi connectivity index (χ3n) is 1.49. The van der Waals surface area contributed by atoms with E-state index < -0.39 is 0 Å². The van der Waals surface area contributed by atoms with E-state index >= 15 is 0 Å². The Bertz CT molecular complexity index is 237. The average molecular weight is 841 g/mol. The largest absolute Gasteiger partial charge is 0.327 e. The van der Waals surface area contributed by atoms with Crippen molar-refractivity contribution in [3.63, 3.8) is 0 Å². The monoisotopic (exact) mass is 841 g/mol. The molecule has 0 bridgehead atoms. The number of benzene rings is 1. The molecule has 0 aliphatic carbocycles. The number of hydrogen-bond donors (Lipinski definition) is 0. The molecular weight excluding hydrogens is 831 g/mol. The summed E-state index contributed by atoms with van der Waals surface area (Å²) in [5.74, 6) is 0. The van der Waals surface area contributed by atoms with Crippen molar-refractivity contribution in [3.8, 4) is 0 Å². The summed E-state index contributed by atoms with van der Waals surface area (Å²) in [6.45, 7) is 3.95. The van der Waals surface area contributed by atoms with Gasteiger partial charge in [-0.3, -0.25) is 0 Å². The summed E-state index contributed by atoms with van der Waals surface area (Å²) < 4.78 is 0. The number of hydrogen-bond acceptors (Lipinski definition) is 0. The first-order chi connectivity index (χ1) is 4.84. The maximum Gasteiger partial charge on any atom is 0 e. The first-order valence-corrected chi connectivity index (χ1v) is 3.33. The van der Waals surface area contributed by atoms with Crippen molar-refractivity contribution in [3.05, 3.63) is 42.0 Å². The molecule has 0 unspecified atom stereocenters. The SMILES string of the molecule is C[C-]=C(C)c1[c-]cccc1.[Y].[Y].[Y].[Y].[Y].[Y].[Y].[Y]. The maximum atomic E-state index is 3.12. The molecule has 0 aliphatic heterocycles. The van der Waals surface area contributed by atoms with Crippen LogP contribution in [0.15, 0.2) is 24.3 Å². The van der Waals surface area contributed by atoms with Crippen LogP contribution in [-0.4, -0.2) is 0 Å². The van der Waals surface area contributed by atoms with E-state index in [9.17, 15) is 0 Å². The van der Waals surface area contributed by atoms with Gasteiger partial charge in [0.25, 0.3) is 0 Å². The van der Waals surface area contributed by atoms with Gasteiger partial charge in [-0.2, -0.15) is 12.1 Å². The fraction of sp³-hybridized carbons (Fsp3) is 0.200. The van der Waals surface area contributed by atoms with E-state index in [1.54, 1.807) is 0 Å². The first kappa shape index (κ1) is 50.1. The minimum atomic E-state index is 0. The Morgan fingerprint density at radius 1 is 0.889 bits per heavy atom. The van der Waals surface area contributed by atoms with E-state index in [-0.39, 0.29) is 262 Å². The number of rotatable bonds is 1. The van der Waals surface area contributed by atoms with Crippen LogP contribution in [0.1, 0.15) is 19.4 Å². The van der Waals surface area contributed by atoms with Gasteiger partial charge in [0.2, 0.25) is 0 Å². The van der Waals surface area contributed by atoms with E-state index in [0.717, 1.165) is 11.1 Å². The van der Waals surface area contributed by atoms with Crippen LogP contribution in [0.4, 0.5) is 0 Å². The molecule has 8 radical (unpaired) electrons. The molecule has 0 spiro atoms. The van der Waals surface area contributed by atoms with Crippen molar-refractivity contribution >= 4 is 5.57 Å². The Labute approximate surface area is 313 Å². The van der Waals surface area contributed by atoms with Gasteiger partial charge in [-0.05, 0) is 0 Å². The average Bonchev–Trinajstić information content (AvgIpc) is 2.05. The smallest absolute Gasteiger partial charge is 0 e. The second kappa shape index (κ2) is 35.8. The summed E-state index contributed by atoms with van der Waals surface area (Å²) in [7, 11) is 0. The molecule has 1 aromatic rings. The molecule has 0 N–H and O–H groups in total. The molecule has 76 valence electrons. The second-order valence-corrected chi connectivity index (χ2v) is 2.15. The molecule has 0 aromatic heterocycles. The van der Waals surface area contributed by atoms with Gasteiger partial charge in [-0.1, -0.05) is 0 Å². The van der Waals surface area contributed by atoms with Crippen LogP contribution in [0.2, 0.25) is 0 Å². The van der Waals surface area contributed by atoms with Crippen LogP contribution in [0.3, 0.4) is 0 Å². The summed E-state index contributed by atoms with van der Waals surface area (Å²) in [6, 6.07) is 11.0. The van der Waals surface area contributed by atoms with Gasteiger partial charge >= 0.3 is 0 Å². The van der Waals surface area contributed by atoms with Crippen molar-refractivity contribution in [2.24, 2.45) is 0 Å². The van der Waals surface area contributed by atoms with Crippen LogP contribution in [-0.2, 0) is 262 Å². The van der Waals surface area contributed by atoms with Crippen molar-refractivity contribution in [1.82, 2.24) is 0 Å². The Morgan fingerprint density at radius 2 is 1.33 bits per heavy atom. The van der Waals surface area contributed by atoms with Crippen molar-refractivity contribution in [2.75, 3.05) is 0 Å². The standard InChI is InChI=1S/C10H10.8Y/c1-3-9(2)10-7-5-4-6-8-10;;;;;;;;/h4-7H,1-2H3;;;;;;;;/q-2;;;;;;;;. The molecule has 0 saturated carbocycles. The molecule has 0 amide bonds. The molecule has 18 heavy (non-hydrogen) atoms.